The molecular formula is C14H16N4O2S. The largest absolute Gasteiger partial charge is 0.496 e. The number of carbonyl (C=O) groups is 1. The van der Waals surface area contributed by atoms with E-state index < -0.39 is 5.91 Å². The van der Waals surface area contributed by atoms with Crippen LogP contribution in [0.15, 0.2) is 41.3 Å². The standard InChI is InChI=1S/C14H16N4O2S/c1-20-12-7-9(15)5-6-13(12)21-8-10-3-2-4-11(17-10)14(19)18-16/h2-7H,8,15-16H2,1H3,(H,18,19). The molecule has 0 radical (unpaired) electrons. The van der Waals surface area contributed by atoms with Crippen LogP contribution < -0.4 is 21.7 Å². The average Bonchev–Trinajstić information content (AvgIpc) is 2.53. The van der Waals surface area contributed by atoms with Gasteiger partial charge in [0.2, 0.25) is 0 Å². The van der Waals surface area contributed by atoms with E-state index in [9.17, 15) is 4.79 Å². The molecule has 0 saturated carbocycles. The lowest BCUT2D eigenvalue weighted by Crippen LogP contribution is -2.30. The molecule has 0 spiro atoms. The Kier molecular flexibility index (Phi) is 5.02. The van der Waals surface area contributed by atoms with Crippen molar-refractivity contribution in [3.8, 4) is 5.75 Å². The van der Waals surface area contributed by atoms with Gasteiger partial charge in [-0.25, -0.2) is 10.8 Å². The summed E-state index contributed by atoms with van der Waals surface area (Å²) in [4.78, 5) is 16.7. The number of ether oxygens (including phenoxy) is 1. The van der Waals surface area contributed by atoms with Gasteiger partial charge >= 0.3 is 0 Å². The Hall–Kier alpha value is -2.25. The number of rotatable bonds is 5. The van der Waals surface area contributed by atoms with E-state index >= 15 is 0 Å². The molecule has 1 aromatic heterocycles. The number of nitrogens with zero attached hydrogens (tertiary/aromatic N) is 1. The van der Waals surface area contributed by atoms with Crippen molar-refractivity contribution in [2.24, 2.45) is 5.84 Å². The number of methoxy groups -OCH3 is 1. The first-order valence-corrected chi connectivity index (χ1v) is 7.16. The number of hydrogen-bond donors (Lipinski definition) is 3. The normalized spacial score (nSPS) is 10.2. The highest BCUT2D eigenvalue weighted by Gasteiger charge is 2.08. The molecule has 0 fully saturated rings. The van der Waals surface area contributed by atoms with Crippen LogP contribution in [0.3, 0.4) is 0 Å². The molecule has 7 heteroatoms. The number of aromatic nitrogens is 1. The highest BCUT2D eigenvalue weighted by atomic mass is 32.2. The van der Waals surface area contributed by atoms with Crippen LogP contribution in [0.25, 0.3) is 0 Å². The molecule has 6 nitrogen and oxygen atoms in total. The zero-order chi connectivity index (χ0) is 15.2. The van der Waals surface area contributed by atoms with E-state index in [1.165, 1.54) is 0 Å². The number of hydrogen-bond acceptors (Lipinski definition) is 6. The molecule has 0 aliphatic carbocycles. The van der Waals surface area contributed by atoms with Crippen LogP contribution in [0.1, 0.15) is 16.2 Å². The zero-order valence-electron chi connectivity index (χ0n) is 11.5. The van der Waals surface area contributed by atoms with E-state index in [1.807, 2.05) is 18.2 Å². The van der Waals surface area contributed by atoms with Gasteiger partial charge in [-0.05, 0) is 24.3 Å². The van der Waals surface area contributed by atoms with E-state index in [4.69, 9.17) is 16.3 Å². The maximum Gasteiger partial charge on any atom is 0.283 e. The van der Waals surface area contributed by atoms with E-state index in [1.54, 1.807) is 37.1 Å². The maximum atomic E-state index is 11.4. The van der Waals surface area contributed by atoms with Crippen molar-refractivity contribution in [2.45, 2.75) is 10.6 Å². The van der Waals surface area contributed by atoms with Crippen LogP contribution in [-0.4, -0.2) is 18.0 Å². The number of nitrogen functional groups attached to an aromatic ring is 2. The highest BCUT2D eigenvalue weighted by Crippen LogP contribution is 2.32. The molecular weight excluding hydrogens is 288 g/mol. The summed E-state index contributed by atoms with van der Waals surface area (Å²) >= 11 is 1.56. The Morgan fingerprint density at radius 2 is 2.19 bits per heavy atom. The maximum absolute atomic E-state index is 11.4. The predicted octanol–water partition coefficient (Wildman–Crippen LogP) is 1.57. The van der Waals surface area contributed by atoms with Gasteiger partial charge in [0.25, 0.3) is 5.91 Å². The lowest BCUT2D eigenvalue weighted by atomic mass is 10.3. The van der Waals surface area contributed by atoms with Crippen molar-refractivity contribution < 1.29 is 9.53 Å². The van der Waals surface area contributed by atoms with Crippen LogP contribution >= 0.6 is 11.8 Å². The van der Waals surface area contributed by atoms with Gasteiger partial charge < -0.3 is 10.5 Å². The second-order valence-electron chi connectivity index (χ2n) is 4.19. The van der Waals surface area contributed by atoms with Crippen molar-refractivity contribution in [2.75, 3.05) is 12.8 Å². The quantitative estimate of drug-likeness (QED) is 0.255. The fourth-order valence-corrected chi connectivity index (χ4v) is 2.63. The van der Waals surface area contributed by atoms with E-state index in [0.717, 1.165) is 16.3 Å². The molecule has 1 amide bonds. The average molecular weight is 304 g/mol. The molecule has 21 heavy (non-hydrogen) atoms. The molecule has 0 atom stereocenters. The molecule has 0 bridgehead atoms. The second kappa shape index (κ2) is 6.96. The number of carbonyl (C=O) groups excluding carboxylic acids is 1. The van der Waals surface area contributed by atoms with Crippen LogP contribution in [0.5, 0.6) is 5.75 Å². The van der Waals surface area contributed by atoms with Crippen molar-refractivity contribution >= 4 is 23.4 Å². The number of anilines is 1. The topological polar surface area (TPSA) is 103 Å². The lowest BCUT2D eigenvalue weighted by Gasteiger charge is -2.09. The van der Waals surface area contributed by atoms with Gasteiger partial charge in [0.1, 0.15) is 11.4 Å². The number of benzene rings is 1. The molecule has 5 N–H and O–H groups in total. The number of nitrogens with one attached hydrogen (secondary N) is 1. The van der Waals surface area contributed by atoms with E-state index in [-0.39, 0.29) is 0 Å². The SMILES string of the molecule is COc1cc(N)ccc1SCc1cccc(C(=O)NN)n1. The third-order valence-electron chi connectivity index (χ3n) is 2.73. The summed E-state index contributed by atoms with van der Waals surface area (Å²) < 4.78 is 5.29. The Balaban J connectivity index is 2.11. The molecule has 2 aromatic rings. The highest BCUT2D eigenvalue weighted by molar-refractivity contribution is 7.98. The molecule has 0 saturated heterocycles. The minimum Gasteiger partial charge on any atom is -0.496 e. The molecule has 2 rings (SSSR count). The molecule has 0 aliphatic rings. The van der Waals surface area contributed by atoms with Crippen LogP contribution in [0.2, 0.25) is 0 Å². The third kappa shape index (κ3) is 3.87. The summed E-state index contributed by atoms with van der Waals surface area (Å²) in [5.41, 5.74) is 9.50. The fourth-order valence-electron chi connectivity index (χ4n) is 1.72. The van der Waals surface area contributed by atoms with Crippen LogP contribution in [0.4, 0.5) is 5.69 Å². The van der Waals surface area contributed by atoms with Crippen LogP contribution in [-0.2, 0) is 5.75 Å². The van der Waals surface area contributed by atoms with E-state index in [0.29, 0.717) is 17.1 Å². The second-order valence-corrected chi connectivity index (χ2v) is 5.20. The molecule has 0 aliphatic heterocycles. The van der Waals surface area contributed by atoms with Crippen molar-refractivity contribution in [1.29, 1.82) is 0 Å². The molecule has 1 aromatic carbocycles. The number of pyridine rings is 1. The van der Waals surface area contributed by atoms with Gasteiger partial charge in [-0.3, -0.25) is 10.2 Å². The molecule has 0 unspecified atom stereocenters. The van der Waals surface area contributed by atoms with Crippen LogP contribution in [0, 0.1) is 0 Å². The first-order valence-electron chi connectivity index (χ1n) is 6.17. The third-order valence-corrected chi connectivity index (χ3v) is 3.82. The molecule has 1 heterocycles. The summed E-state index contributed by atoms with van der Waals surface area (Å²) in [5, 5.41) is 0. The fraction of sp³-hybridized carbons (Fsp3) is 0.143. The van der Waals surface area contributed by atoms with E-state index in [2.05, 4.69) is 10.4 Å². The Morgan fingerprint density at radius 1 is 1.38 bits per heavy atom. The van der Waals surface area contributed by atoms with Gasteiger partial charge in [-0.15, -0.1) is 11.8 Å². The summed E-state index contributed by atoms with van der Waals surface area (Å²) in [6, 6.07) is 10.7. The minimum atomic E-state index is -0.410. The smallest absolute Gasteiger partial charge is 0.283 e. The van der Waals surface area contributed by atoms with Gasteiger partial charge in [0.15, 0.2) is 0 Å². The van der Waals surface area contributed by atoms with Crippen molar-refractivity contribution in [3.63, 3.8) is 0 Å². The first-order chi connectivity index (χ1) is 10.1. The number of nitrogens with two attached hydrogens (primary N) is 2. The number of thioether (sulfide) groups is 1. The monoisotopic (exact) mass is 304 g/mol. The van der Waals surface area contributed by atoms with Gasteiger partial charge in [0, 0.05) is 22.4 Å². The first kappa shape index (κ1) is 15.1. The number of hydrazine groups is 1. The van der Waals surface area contributed by atoms with Gasteiger partial charge in [0.05, 0.1) is 12.8 Å². The summed E-state index contributed by atoms with van der Waals surface area (Å²) in [5.74, 6) is 6.01. The minimum absolute atomic E-state index is 0.292. The predicted molar refractivity (Wildman–Crippen MR) is 82.9 cm³/mol. The summed E-state index contributed by atoms with van der Waals surface area (Å²) in [7, 11) is 1.60. The number of amides is 1. The van der Waals surface area contributed by atoms with Crippen molar-refractivity contribution in [1.82, 2.24) is 10.4 Å². The zero-order valence-corrected chi connectivity index (χ0v) is 12.3. The van der Waals surface area contributed by atoms with Crippen molar-refractivity contribution in [3.05, 3.63) is 47.8 Å². The summed E-state index contributed by atoms with van der Waals surface area (Å²) in [6.07, 6.45) is 0. The summed E-state index contributed by atoms with van der Waals surface area (Å²) in [6.45, 7) is 0. The Morgan fingerprint density at radius 3 is 2.90 bits per heavy atom. The Labute approximate surface area is 126 Å². The van der Waals surface area contributed by atoms with Gasteiger partial charge in [-0.2, -0.15) is 0 Å². The van der Waals surface area contributed by atoms with Gasteiger partial charge in [-0.1, -0.05) is 6.07 Å². The molecule has 110 valence electrons. The lowest BCUT2D eigenvalue weighted by molar-refractivity contribution is 0.0948. The Bertz CT molecular complexity index is 649.